The van der Waals surface area contributed by atoms with Crippen molar-refractivity contribution in [3.8, 4) is 17.2 Å². The van der Waals surface area contributed by atoms with Crippen LogP contribution in [0.15, 0.2) is 60.2 Å². The van der Waals surface area contributed by atoms with E-state index in [-0.39, 0.29) is 34.4 Å². The molecular formula is C26H19FN2O6S. The molecule has 36 heavy (non-hydrogen) atoms. The Morgan fingerprint density at radius 3 is 2.47 bits per heavy atom. The minimum Gasteiger partial charge on any atom is -0.494 e. The molecule has 182 valence electrons. The van der Waals surface area contributed by atoms with Gasteiger partial charge in [0.15, 0.2) is 28.8 Å². The molecule has 0 saturated carbocycles. The number of carboxylic acid groups (broad SMARTS) is 1. The first kappa shape index (κ1) is 23.4. The highest BCUT2D eigenvalue weighted by Crippen LogP contribution is 2.34. The largest absolute Gasteiger partial charge is 0.494 e. The molecule has 8 nitrogen and oxygen atoms in total. The third-order valence-corrected chi connectivity index (χ3v) is 6.29. The lowest BCUT2D eigenvalue weighted by Crippen LogP contribution is -2.17. The second-order valence-corrected chi connectivity index (χ2v) is 8.49. The van der Waals surface area contributed by atoms with Crippen molar-refractivity contribution >= 4 is 40.1 Å². The fourth-order valence-corrected chi connectivity index (χ4v) is 4.55. The molecule has 10 heteroatoms. The van der Waals surface area contributed by atoms with E-state index in [2.05, 4.69) is 8.75 Å². The van der Waals surface area contributed by atoms with Crippen molar-refractivity contribution in [2.75, 3.05) is 20.3 Å². The molecule has 0 amide bonds. The van der Waals surface area contributed by atoms with E-state index in [1.807, 2.05) is 0 Å². The number of hydrogen-bond donors (Lipinski definition) is 1. The number of aliphatic carboxylic acids is 1. The molecule has 1 aromatic heterocycles. The van der Waals surface area contributed by atoms with Crippen molar-refractivity contribution < 1.29 is 33.3 Å². The minimum absolute atomic E-state index is 0.0220. The van der Waals surface area contributed by atoms with Crippen molar-refractivity contribution in [2.45, 2.75) is 6.42 Å². The second kappa shape index (κ2) is 9.74. The number of benzene rings is 3. The van der Waals surface area contributed by atoms with E-state index in [0.717, 1.165) is 11.7 Å². The molecule has 0 radical (unpaired) electrons. The number of methoxy groups -OCH3 is 1. The van der Waals surface area contributed by atoms with E-state index in [4.69, 9.17) is 14.2 Å². The van der Waals surface area contributed by atoms with E-state index in [1.54, 1.807) is 36.4 Å². The highest BCUT2D eigenvalue weighted by molar-refractivity contribution is 7.00. The van der Waals surface area contributed by atoms with Gasteiger partial charge in [0.25, 0.3) is 0 Å². The summed E-state index contributed by atoms with van der Waals surface area (Å²) >= 11 is 1.00. The number of carbonyl (C=O) groups is 2. The number of nitrogens with zero attached hydrogens (tertiary/aromatic N) is 2. The van der Waals surface area contributed by atoms with Crippen LogP contribution in [0.3, 0.4) is 0 Å². The van der Waals surface area contributed by atoms with Gasteiger partial charge in [0, 0.05) is 17.6 Å². The minimum atomic E-state index is -1.30. The maximum absolute atomic E-state index is 14.4. The Labute approximate surface area is 208 Å². The predicted octanol–water partition coefficient (Wildman–Crippen LogP) is 4.57. The maximum Gasteiger partial charge on any atom is 0.336 e. The molecule has 0 saturated heterocycles. The van der Waals surface area contributed by atoms with Gasteiger partial charge in [-0.15, -0.1) is 0 Å². The third-order valence-electron chi connectivity index (χ3n) is 5.73. The topological polar surface area (TPSA) is 108 Å². The molecule has 0 fully saturated rings. The van der Waals surface area contributed by atoms with Gasteiger partial charge < -0.3 is 19.3 Å². The van der Waals surface area contributed by atoms with Gasteiger partial charge in [-0.25, -0.2) is 9.18 Å². The van der Waals surface area contributed by atoms with Crippen molar-refractivity contribution in [2.24, 2.45) is 0 Å². The Morgan fingerprint density at radius 1 is 0.972 bits per heavy atom. The molecule has 0 atom stereocenters. The molecule has 0 aliphatic carbocycles. The molecule has 2 heterocycles. The molecule has 1 aliphatic rings. The quantitative estimate of drug-likeness (QED) is 0.287. The van der Waals surface area contributed by atoms with Crippen LogP contribution >= 0.6 is 11.7 Å². The van der Waals surface area contributed by atoms with Crippen LogP contribution in [-0.2, 0) is 11.2 Å². The molecule has 0 spiro atoms. The zero-order valence-electron chi connectivity index (χ0n) is 19.0. The van der Waals surface area contributed by atoms with Crippen LogP contribution in [0.4, 0.5) is 4.39 Å². The van der Waals surface area contributed by atoms with Crippen LogP contribution in [0.1, 0.15) is 21.5 Å². The Kier molecular flexibility index (Phi) is 6.34. The second-order valence-electron chi connectivity index (χ2n) is 7.96. The SMILES string of the molecule is COc1ccc(CC(C(=O)c2ccc3c(c2)OCCO3)=C(C(=O)O)c2ccc3nsnc3c2)cc1F. The first-order chi connectivity index (χ1) is 17.4. The monoisotopic (exact) mass is 506 g/mol. The number of carbonyl (C=O) groups excluding carboxylic acids is 1. The Bertz CT molecular complexity index is 1530. The van der Waals surface area contributed by atoms with Gasteiger partial charge in [0.2, 0.25) is 0 Å². The van der Waals surface area contributed by atoms with E-state index < -0.39 is 17.6 Å². The van der Waals surface area contributed by atoms with Gasteiger partial charge >= 0.3 is 5.97 Å². The smallest absolute Gasteiger partial charge is 0.336 e. The number of ketones is 1. The van der Waals surface area contributed by atoms with Crippen LogP contribution < -0.4 is 14.2 Å². The molecule has 5 rings (SSSR count). The van der Waals surface area contributed by atoms with Crippen LogP contribution in [0.2, 0.25) is 0 Å². The normalized spacial score (nSPS) is 13.3. The van der Waals surface area contributed by atoms with Crippen LogP contribution in [0.5, 0.6) is 17.2 Å². The van der Waals surface area contributed by atoms with E-state index in [1.165, 1.54) is 25.3 Å². The molecule has 1 aliphatic heterocycles. The summed E-state index contributed by atoms with van der Waals surface area (Å²) in [7, 11) is 1.35. The number of aromatic nitrogens is 2. The number of allylic oxidation sites excluding steroid dienone is 1. The van der Waals surface area contributed by atoms with Gasteiger partial charge in [-0.1, -0.05) is 12.1 Å². The molecule has 0 bridgehead atoms. The van der Waals surface area contributed by atoms with Crippen molar-refractivity contribution in [1.82, 2.24) is 8.75 Å². The number of rotatable bonds is 7. The average Bonchev–Trinajstić information content (AvgIpc) is 3.35. The van der Waals surface area contributed by atoms with E-state index in [0.29, 0.717) is 41.3 Å². The summed E-state index contributed by atoms with van der Waals surface area (Å²) in [6.07, 6.45) is -0.136. The summed E-state index contributed by atoms with van der Waals surface area (Å²) < 4.78 is 38.9. The number of ether oxygens (including phenoxy) is 3. The first-order valence-electron chi connectivity index (χ1n) is 10.9. The summed E-state index contributed by atoms with van der Waals surface area (Å²) in [5, 5.41) is 10.2. The maximum atomic E-state index is 14.4. The first-order valence-corrected chi connectivity index (χ1v) is 11.6. The average molecular weight is 507 g/mol. The molecular weight excluding hydrogens is 487 g/mol. The van der Waals surface area contributed by atoms with Crippen LogP contribution in [-0.4, -0.2) is 45.9 Å². The number of halogens is 1. The standard InChI is InChI=1S/C26H19FN2O6S/c1-33-21-6-2-14(11-18(21)27)10-17(25(30)16-4-7-22-23(13-16)35-9-8-34-22)24(26(31)32)15-3-5-19-20(12-15)29-36-28-19/h2-7,11-13H,8-10H2,1H3,(H,31,32). The lowest BCUT2D eigenvalue weighted by molar-refractivity contribution is -0.130. The number of Topliss-reactive ketones (excluding diaryl/α,β-unsaturated/α-hetero) is 1. The van der Waals surface area contributed by atoms with Crippen molar-refractivity contribution in [3.63, 3.8) is 0 Å². The Hall–Kier alpha value is -4.31. The van der Waals surface area contributed by atoms with Gasteiger partial charge in [-0.05, 0) is 53.6 Å². The molecule has 1 N–H and O–H groups in total. The lowest BCUT2D eigenvalue weighted by atomic mass is 9.89. The molecule has 0 unspecified atom stereocenters. The van der Waals surface area contributed by atoms with Crippen LogP contribution in [0.25, 0.3) is 16.6 Å². The summed E-state index contributed by atoms with van der Waals surface area (Å²) in [4.78, 5) is 26.4. The fourth-order valence-electron chi connectivity index (χ4n) is 4.03. The molecule has 4 aromatic rings. The van der Waals surface area contributed by atoms with Crippen molar-refractivity contribution in [1.29, 1.82) is 0 Å². The fraction of sp³-hybridized carbons (Fsp3) is 0.154. The Morgan fingerprint density at radius 2 is 1.72 bits per heavy atom. The number of carboxylic acids is 1. The lowest BCUT2D eigenvalue weighted by Gasteiger charge is -2.19. The van der Waals surface area contributed by atoms with Crippen LogP contribution in [0, 0.1) is 5.82 Å². The van der Waals surface area contributed by atoms with E-state index >= 15 is 0 Å². The summed E-state index contributed by atoms with van der Waals surface area (Å²) in [5.74, 6) is -1.51. The highest BCUT2D eigenvalue weighted by atomic mass is 32.1. The summed E-state index contributed by atoms with van der Waals surface area (Å²) in [6, 6.07) is 13.7. The van der Waals surface area contributed by atoms with Gasteiger partial charge in [0.1, 0.15) is 24.2 Å². The third kappa shape index (κ3) is 4.50. The molecule has 3 aromatic carbocycles. The summed E-state index contributed by atoms with van der Waals surface area (Å²) in [5.41, 5.74) is 1.82. The van der Waals surface area contributed by atoms with Crippen molar-refractivity contribution in [3.05, 3.63) is 82.7 Å². The number of fused-ring (bicyclic) bond motifs is 2. The zero-order valence-corrected chi connectivity index (χ0v) is 19.8. The Balaban J connectivity index is 1.66. The number of hydrogen-bond acceptors (Lipinski definition) is 8. The van der Waals surface area contributed by atoms with Gasteiger partial charge in [0.05, 0.1) is 24.4 Å². The van der Waals surface area contributed by atoms with Gasteiger partial charge in [-0.3, -0.25) is 4.79 Å². The highest BCUT2D eigenvalue weighted by Gasteiger charge is 2.26. The summed E-state index contributed by atoms with van der Waals surface area (Å²) in [6.45, 7) is 0.728. The predicted molar refractivity (Wildman–Crippen MR) is 130 cm³/mol. The van der Waals surface area contributed by atoms with E-state index in [9.17, 15) is 19.1 Å². The van der Waals surface area contributed by atoms with Gasteiger partial charge in [-0.2, -0.15) is 8.75 Å². The zero-order chi connectivity index (χ0) is 25.2.